The highest BCUT2D eigenvalue weighted by Gasteiger charge is 2.24. The van der Waals surface area contributed by atoms with Crippen LogP contribution in [0.3, 0.4) is 0 Å². The Morgan fingerprint density at radius 3 is 2.67 bits per heavy atom. The van der Waals surface area contributed by atoms with Crippen molar-refractivity contribution >= 4 is 45.4 Å². The summed E-state index contributed by atoms with van der Waals surface area (Å²) in [5, 5.41) is 10.6. The van der Waals surface area contributed by atoms with E-state index in [2.05, 4.69) is 15.6 Å². The molecular formula is C21H22ClN3OS. The maximum atomic E-state index is 12.4. The van der Waals surface area contributed by atoms with Crippen LogP contribution in [0.2, 0.25) is 5.02 Å². The van der Waals surface area contributed by atoms with Crippen LogP contribution in [0.15, 0.2) is 41.9 Å². The number of benzene rings is 1. The predicted octanol–water partition coefficient (Wildman–Crippen LogP) is 5.41. The molecule has 4 nitrogen and oxygen atoms in total. The molecule has 0 bridgehead atoms. The van der Waals surface area contributed by atoms with Crippen LogP contribution in [-0.4, -0.2) is 23.0 Å². The number of hydrogen-bond donors (Lipinski definition) is 2. The van der Waals surface area contributed by atoms with E-state index in [-0.39, 0.29) is 11.9 Å². The van der Waals surface area contributed by atoms with Gasteiger partial charge in [-0.25, -0.2) is 0 Å². The molecule has 4 rings (SSSR count). The van der Waals surface area contributed by atoms with Gasteiger partial charge in [0.05, 0.1) is 10.4 Å². The number of thiophene rings is 1. The third kappa shape index (κ3) is 4.09. The number of rotatable bonds is 4. The minimum Gasteiger partial charge on any atom is -0.382 e. The van der Waals surface area contributed by atoms with Gasteiger partial charge in [-0.3, -0.25) is 9.78 Å². The molecule has 0 radical (unpaired) electrons. The SMILES string of the molecule is Cc1ccsc1C(=O)N[C@H]1CC[C@@H](Nc2ccnc3cc(Cl)ccc23)CC1. The zero-order valence-electron chi connectivity index (χ0n) is 15.2. The number of nitrogens with zero attached hydrogens (tertiary/aromatic N) is 1. The van der Waals surface area contributed by atoms with E-state index >= 15 is 0 Å². The fraction of sp³-hybridized carbons (Fsp3) is 0.333. The maximum Gasteiger partial charge on any atom is 0.261 e. The van der Waals surface area contributed by atoms with E-state index in [1.54, 1.807) is 0 Å². The number of nitrogens with one attached hydrogen (secondary N) is 2. The number of amides is 1. The second-order valence-electron chi connectivity index (χ2n) is 7.12. The molecule has 0 aliphatic heterocycles. The standard InChI is InChI=1S/C21H22ClN3OS/c1-13-9-11-27-20(13)21(26)25-16-5-3-15(4-6-16)24-18-8-10-23-19-12-14(22)2-7-17(18)19/h2,7-12,15-16H,3-6H2,1H3,(H,23,24)(H,25,26)/t15-,16+. The van der Waals surface area contributed by atoms with Gasteiger partial charge in [-0.1, -0.05) is 11.6 Å². The molecule has 2 aromatic heterocycles. The van der Waals surface area contributed by atoms with Gasteiger partial charge in [0.25, 0.3) is 5.91 Å². The Labute approximate surface area is 168 Å². The summed E-state index contributed by atoms with van der Waals surface area (Å²) >= 11 is 7.58. The summed E-state index contributed by atoms with van der Waals surface area (Å²) in [6, 6.07) is 10.5. The summed E-state index contributed by atoms with van der Waals surface area (Å²) in [5.41, 5.74) is 3.05. The van der Waals surface area contributed by atoms with Crippen molar-refractivity contribution in [3.05, 3.63) is 57.4 Å². The van der Waals surface area contributed by atoms with Crippen molar-refractivity contribution in [3.8, 4) is 0 Å². The molecule has 2 N–H and O–H groups in total. The minimum atomic E-state index is 0.0657. The number of halogens is 1. The topological polar surface area (TPSA) is 54.0 Å². The Hall–Kier alpha value is -2.11. The summed E-state index contributed by atoms with van der Waals surface area (Å²) in [5.74, 6) is 0.0657. The first-order valence-electron chi connectivity index (χ1n) is 9.26. The molecule has 0 spiro atoms. The van der Waals surface area contributed by atoms with Crippen molar-refractivity contribution < 1.29 is 4.79 Å². The summed E-state index contributed by atoms with van der Waals surface area (Å²) in [6.45, 7) is 1.98. The molecule has 1 amide bonds. The van der Waals surface area contributed by atoms with Crippen LogP contribution in [0.5, 0.6) is 0 Å². The molecule has 1 aliphatic rings. The van der Waals surface area contributed by atoms with Crippen LogP contribution >= 0.6 is 22.9 Å². The quantitative estimate of drug-likeness (QED) is 0.616. The zero-order chi connectivity index (χ0) is 18.8. The highest BCUT2D eigenvalue weighted by Crippen LogP contribution is 2.28. The average Bonchev–Trinajstić information content (AvgIpc) is 3.09. The van der Waals surface area contributed by atoms with Crippen molar-refractivity contribution in [3.63, 3.8) is 0 Å². The third-order valence-electron chi connectivity index (χ3n) is 5.20. The molecule has 1 aromatic carbocycles. The minimum absolute atomic E-state index is 0.0657. The molecule has 0 saturated heterocycles. The number of hydrogen-bond acceptors (Lipinski definition) is 4. The van der Waals surface area contributed by atoms with E-state index in [1.807, 2.05) is 48.8 Å². The zero-order valence-corrected chi connectivity index (χ0v) is 16.7. The molecule has 0 atom stereocenters. The van der Waals surface area contributed by atoms with E-state index in [1.165, 1.54) is 11.3 Å². The lowest BCUT2D eigenvalue weighted by Gasteiger charge is -2.30. The predicted molar refractivity (Wildman–Crippen MR) is 113 cm³/mol. The molecular weight excluding hydrogens is 378 g/mol. The largest absolute Gasteiger partial charge is 0.382 e. The first kappa shape index (κ1) is 18.3. The van der Waals surface area contributed by atoms with E-state index < -0.39 is 0 Å². The Kier molecular flexibility index (Phi) is 5.32. The van der Waals surface area contributed by atoms with Crippen molar-refractivity contribution in [2.45, 2.75) is 44.7 Å². The van der Waals surface area contributed by atoms with Gasteiger partial charge >= 0.3 is 0 Å². The van der Waals surface area contributed by atoms with E-state index in [0.717, 1.165) is 52.7 Å². The van der Waals surface area contributed by atoms with Crippen molar-refractivity contribution in [1.82, 2.24) is 10.3 Å². The van der Waals surface area contributed by atoms with Crippen LogP contribution in [0.25, 0.3) is 10.9 Å². The lowest BCUT2D eigenvalue weighted by molar-refractivity contribution is 0.0930. The van der Waals surface area contributed by atoms with Crippen molar-refractivity contribution in [1.29, 1.82) is 0 Å². The van der Waals surface area contributed by atoms with Gasteiger partial charge in [0.15, 0.2) is 0 Å². The highest BCUT2D eigenvalue weighted by molar-refractivity contribution is 7.12. The molecule has 27 heavy (non-hydrogen) atoms. The summed E-state index contributed by atoms with van der Waals surface area (Å²) < 4.78 is 0. The average molecular weight is 400 g/mol. The number of carbonyl (C=O) groups excluding carboxylic acids is 1. The highest BCUT2D eigenvalue weighted by atomic mass is 35.5. The number of aromatic nitrogens is 1. The van der Waals surface area contributed by atoms with Crippen LogP contribution in [0.1, 0.15) is 40.9 Å². The molecule has 1 fully saturated rings. The normalized spacial score (nSPS) is 19.8. The fourth-order valence-corrected chi connectivity index (χ4v) is 4.70. The Bertz CT molecular complexity index is 963. The summed E-state index contributed by atoms with van der Waals surface area (Å²) in [6.07, 6.45) is 5.86. The Morgan fingerprint density at radius 2 is 1.93 bits per heavy atom. The summed E-state index contributed by atoms with van der Waals surface area (Å²) in [7, 11) is 0. The van der Waals surface area contributed by atoms with Gasteiger partial charge in [0.2, 0.25) is 0 Å². The molecule has 140 valence electrons. The van der Waals surface area contributed by atoms with Gasteiger partial charge in [-0.05, 0) is 73.9 Å². The van der Waals surface area contributed by atoms with Crippen LogP contribution in [0.4, 0.5) is 5.69 Å². The first-order valence-corrected chi connectivity index (χ1v) is 10.5. The third-order valence-corrected chi connectivity index (χ3v) is 6.45. The Morgan fingerprint density at radius 1 is 1.15 bits per heavy atom. The van der Waals surface area contributed by atoms with Crippen LogP contribution in [-0.2, 0) is 0 Å². The van der Waals surface area contributed by atoms with E-state index in [0.29, 0.717) is 11.1 Å². The molecule has 3 aromatic rings. The second kappa shape index (κ2) is 7.87. The monoisotopic (exact) mass is 399 g/mol. The number of anilines is 1. The van der Waals surface area contributed by atoms with Gasteiger partial charge in [-0.2, -0.15) is 0 Å². The molecule has 1 saturated carbocycles. The van der Waals surface area contributed by atoms with E-state index in [4.69, 9.17) is 11.6 Å². The van der Waals surface area contributed by atoms with Gasteiger partial charge in [0, 0.05) is 34.4 Å². The van der Waals surface area contributed by atoms with Crippen molar-refractivity contribution in [2.24, 2.45) is 0 Å². The number of aryl methyl sites for hydroxylation is 1. The van der Waals surface area contributed by atoms with Gasteiger partial charge < -0.3 is 10.6 Å². The number of pyridine rings is 1. The van der Waals surface area contributed by atoms with Crippen molar-refractivity contribution in [2.75, 3.05) is 5.32 Å². The first-order chi connectivity index (χ1) is 13.1. The molecule has 0 unspecified atom stereocenters. The number of fused-ring (bicyclic) bond motifs is 1. The fourth-order valence-electron chi connectivity index (χ4n) is 3.71. The number of carbonyl (C=O) groups is 1. The Balaban J connectivity index is 1.36. The van der Waals surface area contributed by atoms with Crippen LogP contribution < -0.4 is 10.6 Å². The van der Waals surface area contributed by atoms with E-state index in [9.17, 15) is 4.79 Å². The molecule has 6 heteroatoms. The lowest BCUT2D eigenvalue weighted by atomic mass is 9.90. The van der Waals surface area contributed by atoms with Gasteiger partial charge in [-0.15, -0.1) is 11.3 Å². The lowest BCUT2D eigenvalue weighted by Crippen LogP contribution is -2.40. The maximum absolute atomic E-state index is 12.4. The molecule has 1 aliphatic carbocycles. The second-order valence-corrected chi connectivity index (χ2v) is 8.47. The van der Waals surface area contributed by atoms with Gasteiger partial charge in [0.1, 0.15) is 0 Å². The van der Waals surface area contributed by atoms with Crippen LogP contribution in [0, 0.1) is 6.92 Å². The molecule has 2 heterocycles. The summed E-state index contributed by atoms with van der Waals surface area (Å²) in [4.78, 5) is 17.6. The smallest absolute Gasteiger partial charge is 0.261 e.